The van der Waals surface area contributed by atoms with Crippen molar-refractivity contribution >= 4 is 21.0 Å². The van der Waals surface area contributed by atoms with Crippen LogP contribution in [0.1, 0.15) is 11.1 Å². The van der Waals surface area contributed by atoms with Gasteiger partial charge in [-0.1, -0.05) is 11.6 Å². The fourth-order valence-electron chi connectivity index (χ4n) is 1.68. The Labute approximate surface area is 113 Å². The van der Waals surface area contributed by atoms with Crippen LogP contribution in [0.25, 0.3) is 10.9 Å². The zero-order valence-electron chi connectivity index (χ0n) is 10.5. The number of fused-ring (bicyclic) bond motifs is 1. The second kappa shape index (κ2) is 4.62. The predicted molar refractivity (Wildman–Crippen MR) is 66.8 cm³/mol. The van der Waals surface area contributed by atoms with Crippen molar-refractivity contribution in [3.05, 3.63) is 35.4 Å². The molecule has 0 aliphatic carbocycles. The van der Waals surface area contributed by atoms with Gasteiger partial charge in [0, 0.05) is 11.5 Å². The van der Waals surface area contributed by atoms with Gasteiger partial charge in [0.05, 0.1) is 5.52 Å². The molecule has 1 aromatic heterocycles. The summed E-state index contributed by atoms with van der Waals surface area (Å²) in [6.07, 6.45) is 0. The van der Waals surface area contributed by atoms with Crippen molar-refractivity contribution in [2.24, 2.45) is 0 Å². The minimum Gasteiger partial charge on any atom is -0.355 e. The molecule has 0 atom stereocenters. The summed E-state index contributed by atoms with van der Waals surface area (Å²) in [6.45, 7) is 3.49. The molecule has 0 spiro atoms. The highest BCUT2D eigenvalue weighted by atomic mass is 32.2. The van der Waals surface area contributed by atoms with Crippen molar-refractivity contribution in [1.29, 1.82) is 0 Å². The summed E-state index contributed by atoms with van der Waals surface area (Å²) < 4.78 is 62.6. The molecule has 108 valence electrons. The number of aryl methyl sites for hydroxylation is 2. The van der Waals surface area contributed by atoms with Crippen molar-refractivity contribution in [2.75, 3.05) is 0 Å². The SMILES string of the molecule is Cc1ccc2nc(OS(=O)(=O)C(F)(F)F)cc(C)c2c1. The van der Waals surface area contributed by atoms with Crippen LogP contribution in [0.5, 0.6) is 5.88 Å². The number of benzene rings is 1. The zero-order chi connectivity index (χ0) is 15.1. The van der Waals surface area contributed by atoms with Crippen LogP contribution >= 0.6 is 0 Å². The highest BCUT2D eigenvalue weighted by Crippen LogP contribution is 2.28. The minimum atomic E-state index is -5.71. The first-order valence-corrected chi connectivity index (χ1v) is 6.90. The lowest BCUT2D eigenvalue weighted by Crippen LogP contribution is -2.28. The summed E-state index contributed by atoms with van der Waals surface area (Å²) in [7, 11) is -5.71. The van der Waals surface area contributed by atoms with Crippen LogP contribution in [0.4, 0.5) is 13.2 Å². The van der Waals surface area contributed by atoms with Gasteiger partial charge in [0.2, 0.25) is 5.88 Å². The molecule has 0 radical (unpaired) electrons. The van der Waals surface area contributed by atoms with Crippen LogP contribution in [-0.2, 0) is 10.1 Å². The van der Waals surface area contributed by atoms with Gasteiger partial charge in [0.25, 0.3) is 0 Å². The summed E-state index contributed by atoms with van der Waals surface area (Å²) >= 11 is 0. The molecule has 0 aliphatic heterocycles. The predicted octanol–water partition coefficient (Wildman–Crippen LogP) is 3.08. The lowest BCUT2D eigenvalue weighted by molar-refractivity contribution is -0.0501. The van der Waals surface area contributed by atoms with E-state index in [0.717, 1.165) is 17.0 Å². The van der Waals surface area contributed by atoms with Gasteiger partial charge >= 0.3 is 15.6 Å². The fraction of sp³-hybridized carbons (Fsp3) is 0.250. The molecule has 1 heterocycles. The molecule has 0 saturated heterocycles. The van der Waals surface area contributed by atoms with Crippen LogP contribution in [-0.4, -0.2) is 18.9 Å². The highest BCUT2D eigenvalue weighted by Gasteiger charge is 2.48. The molecular weight excluding hydrogens is 295 g/mol. The minimum absolute atomic E-state index is 0.364. The van der Waals surface area contributed by atoms with Crippen LogP contribution in [0.3, 0.4) is 0 Å². The van der Waals surface area contributed by atoms with Crippen molar-refractivity contribution in [3.63, 3.8) is 0 Å². The third kappa shape index (κ3) is 2.69. The highest BCUT2D eigenvalue weighted by molar-refractivity contribution is 7.87. The Morgan fingerprint density at radius 2 is 1.80 bits per heavy atom. The molecule has 0 fully saturated rings. The first kappa shape index (κ1) is 14.6. The molecule has 0 N–H and O–H groups in total. The van der Waals surface area contributed by atoms with Gasteiger partial charge in [-0.15, -0.1) is 0 Å². The first-order valence-electron chi connectivity index (χ1n) is 5.49. The van der Waals surface area contributed by atoms with E-state index in [1.807, 2.05) is 6.92 Å². The Hall–Kier alpha value is -1.83. The van der Waals surface area contributed by atoms with Crippen LogP contribution < -0.4 is 4.18 Å². The molecule has 0 bridgehead atoms. The Kier molecular flexibility index (Phi) is 3.37. The van der Waals surface area contributed by atoms with Gasteiger partial charge in [-0.05, 0) is 31.5 Å². The Morgan fingerprint density at radius 3 is 2.40 bits per heavy atom. The number of pyridine rings is 1. The normalized spacial score (nSPS) is 12.7. The van der Waals surface area contributed by atoms with Gasteiger partial charge in [-0.25, -0.2) is 4.98 Å². The lowest BCUT2D eigenvalue weighted by atomic mass is 10.1. The van der Waals surface area contributed by atoms with Crippen molar-refractivity contribution in [3.8, 4) is 5.88 Å². The Balaban J connectivity index is 2.51. The Morgan fingerprint density at radius 1 is 1.15 bits per heavy atom. The van der Waals surface area contributed by atoms with E-state index in [0.29, 0.717) is 11.1 Å². The number of halogens is 3. The van der Waals surface area contributed by atoms with Crippen LogP contribution in [0, 0.1) is 13.8 Å². The zero-order valence-corrected chi connectivity index (χ0v) is 11.3. The van der Waals surface area contributed by atoms with Crippen molar-refractivity contribution in [2.45, 2.75) is 19.4 Å². The molecule has 1 aromatic carbocycles. The largest absolute Gasteiger partial charge is 0.534 e. The average molecular weight is 305 g/mol. The lowest BCUT2D eigenvalue weighted by Gasteiger charge is -2.10. The number of hydrogen-bond donors (Lipinski definition) is 0. The quantitative estimate of drug-likeness (QED) is 0.632. The third-order valence-corrected chi connectivity index (χ3v) is 3.58. The second-order valence-corrected chi connectivity index (χ2v) is 5.82. The monoisotopic (exact) mass is 305 g/mol. The standard InChI is InChI=1S/C12H10F3NO3S/c1-7-3-4-10-9(5-7)8(2)6-11(16-10)19-20(17,18)12(13,14)15/h3-6H,1-2H3. The molecule has 20 heavy (non-hydrogen) atoms. The van der Waals surface area contributed by atoms with E-state index < -0.39 is 21.5 Å². The number of aromatic nitrogens is 1. The van der Waals surface area contributed by atoms with E-state index in [1.165, 1.54) is 0 Å². The number of hydrogen-bond acceptors (Lipinski definition) is 4. The maximum Gasteiger partial charge on any atom is 0.534 e. The summed E-state index contributed by atoms with van der Waals surface area (Å²) in [6, 6.07) is 6.27. The summed E-state index contributed by atoms with van der Waals surface area (Å²) in [4.78, 5) is 3.77. The molecule has 0 aliphatic rings. The van der Waals surface area contributed by atoms with E-state index in [-0.39, 0.29) is 0 Å². The fourth-order valence-corrected chi connectivity index (χ4v) is 2.08. The van der Waals surface area contributed by atoms with Gasteiger partial charge in [0.1, 0.15) is 0 Å². The van der Waals surface area contributed by atoms with Crippen LogP contribution in [0.15, 0.2) is 24.3 Å². The van der Waals surface area contributed by atoms with E-state index in [9.17, 15) is 21.6 Å². The van der Waals surface area contributed by atoms with Gasteiger partial charge < -0.3 is 4.18 Å². The second-order valence-electron chi connectivity index (χ2n) is 4.28. The molecule has 2 aromatic rings. The number of nitrogens with zero attached hydrogens (tertiary/aromatic N) is 1. The molecule has 2 rings (SSSR count). The van der Waals surface area contributed by atoms with Crippen molar-refractivity contribution in [1.82, 2.24) is 4.98 Å². The average Bonchev–Trinajstić information content (AvgIpc) is 2.28. The molecule has 8 heteroatoms. The summed E-state index contributed by atoms with van der Waals surface area (Å²) in [5, 5.41) is 0.724. The van der Waals surface area contributed by atoms with E-state index in [2.05, 4.69) is 9.17 Å². The number of alkyl halides is 3. The van der Waals surface area contributed by atoms with Gasteiger partial charge in [-0.3, -0.25) is 0 Å². The maximum atomic E-state index is 12.2. The smallest absolute Gasteiger partial charge is 0.355 e. The summed E-state index contributed by atoms with van der Waals surface area (Å²) in [5.41, 5.74) is -3.59. The molecule has 0 unspecified atom stereocenters. The molecular formula is C12H10F3NO3S. The maximum absolute atomic E-state index is 12.2. The Bertz CT molecular complexity index is 769. The number of rotatable bonds is 2. The van der Waals surface area contributed by atoms with E-state index >= 15 is 0 Å². The topological polar surface area (TPSA) is 56.3 Å². The van der Waals surface area contributed by atoms with Gasteiger partial charge in [-0.2, -0.15) is 21.6 Å². The summed E-state index contributed by atoms with van der Waals surface area (Å²) in [5.74, 6) is -0.601. The first-order chi connectivity index (χ1) is 9.10. The molecule has 0 saturated carbocycles. The van der Waals surface area contributed by atoms with E-state index in [4.69, 9.17) is 0 Å². The van der Waals surface area contributed by atoms with Crippen molar-refractivity contribution < 1.29 is 25.8 Å². The molecule has 0 amide bonds. The van der Waals surface area contributed by atoms with Crippen LogP contribution in [0.2, 0.25) is 0 Å². The third-order valence-electron chi connectivity index (χ3n) is 2.63. The molecule has 4 nitrogen and oxygen atoms in total. The van der Waals surface area contributed by atoms with E-state index in [1.54, 1.807) is 25.1 Å². The van der Waals surface area contributed by atoms with Gasteiger partial charge in [0.15, 0.2) is 0 Å².